The number of hydrogen-bond donors (Lipinski definition) is 3. The van der Waals surface area contributed by atoms with Gasteiger partial charge in [0.2, 0.25) is 0 Å². The third kappa shape index (κ3) is 3.25. The predicted molar refractivity (Wildman–Crippen MR) is 87.2 cm³/mol. The van der Waals surface area contributed by atoms with Crippen LogP contribution >= 0.6 is 11.8 Å². The summed E-state index contributed by atoms with van der Waals surface area (Å²) in [6, 6.07) is 7.61. The molecule has 0 fully saturated rings. The van der Waals surface area contributed by atoms with Crippen molar-refractivity contribution >= 4 is 23.9 Å². The van der Waals surface area contributed by atoms with Crippen molar-refractivity contribution in [3.05, 3.63) is 51.7 Å². The van der Waals surface area contributed by atoms with Gasteiger partial charge < -0.3 is 20.7 Å². The van der Waals surface area contributed by atoms with Crippen molar-refractivity contribution in [1.29, 1.82) is 0 Å². The molecule has 0 unspecified atom stereocenters. The van der Waals surface area contributed by atoms with Crippen molar-refractivity contribution in [3.63, 3.8) is 0 Å². The number of benzene rings is 1. The molecule has 3 rings (SSSR count). The summed E-state index contributed by atoms with van der Waals surface area (Å²) in [6.07, 6.45) is 1.74. The molecule has 6 nitrogen and oxygen atoms in total. The zero-order valence-corrected chi connectivity index (χ0v) is 12.9. The van der Waals surface area contributed by atoms with Crippen molar-refractivity contribution in [3.8, 4) is 5.75 Å². The summed E-state index contributed by atoms with van der Waals surface area (Å²) in [4.78, 5) is 16.4. The number of hydrogen-bond acceptors (Lipinski definition) is 6. The van der Waals surface area contributed by atoms with E-state index in [-0.39, 0.29) is 5.91 Å². The maximum Gasteiger partial charge on any atom is 0.268 e. The number of nitrogens with zero attached hydrogens (tertiary/aromatic N) is 1. The van der Waals surface area contributed by atoms with E-state index < -0.39 is 0 Å². The fourth-order valence-corrected chi connectivity index (χ4v) is 2.85. The van der Waals surface area contributed by atoms with Crippen LogP contribution in [0.4, 0.5) is 0 Å². The number of carbonyl (C=O) groups excluding carboxylic acids is 1. The van der Waals surface area contributed by atoms with Crippen molar-refractivity contribution in [2.45, 2.75) is 6.54 Å². The van der Waals surface area contributed by atoms with Crippen LogP contribution in [0.5, 0.6) is 5.75 Å². The highest BCUT2D eigenvalue weighted by Crippen LogP contribution is 2.24. The van der Waals surface area contributed by atoms with Crippen LogP contribution in [0, 0.1) is 0 Å². The fraction of sp³-hybridized carbons (Fsp3) is 0.200. The van der Waals surface area contributed by atoms with Gasteiger partial charge in [0.15, 0.2) is 0 Å². The van der Waals surface area contributed by atoms with E-state index in [1.807, 2.05) is 24.3 Å². The first-order valence-corrected chi connectivity index (χ1v) is 7.67. The highest BCUT2D eigenvalue weighted by atomic mass is 32.2. The number of rotatable bonds is 4. The molecule has 0 radical (unpaired) electrons. The van der Waals surface area contributed by atoms with Crippen LogP contribution in [0.1, 0.15) is 5.56 Å². The average molecular weight is 316 g/mol. The van der Waals surface area contributed by atoms with Crippen LogP contribution in [0.25, 0.3) is 0 Å². The SMILES string of the molecule is COc1cccc(CNC(=O)C2=CSC3=C(C=NCN3)N2)c1. The highest BCUT2D eigenvalue weighted by Gasteiger charge is 2.19. The molecule has 0 spiro atoms. The van der Waals surface area contributed by atoms with E-state index >= 15 is 0 Å². The molecule has 22 heavy (non-hydrogen) atoms. The molecular weight excluding hydrogens is 300 g/mol. The van der Waals surface area contributed by atoms with Gasteiger partial charge in [0.25, 0.3) is 5.91 Å². The molecule has 0 aromatic heterocycles. The number of nitrogens with one attached hydrogen (secondary N) is 3. The zero-order valence-electron chi connectivity index (χ0n) is 12.1. The predicted octanol–water partition coefficient (Wildman–Crippen LogP) is 1.29. The maximum atomic E-state index is 12.2. The van der Waals surface area contributed by atoms with Crippen LogP contribution < -0.4 is 20.7 Å². The first kappa shape index (κ1) is 14.5. The quantitative estimate of drug-likeness (QED) is 0.780. The Bertz CT molecular complexity index is 682. The molecule has 1 aromatic rings. The lowest BCUT2D eigenvalue weighted by Crippen LogP contribution is -2.35. The summed E-state index contributed by atoms with van der Waals surface area (Å²) in [5, 5.41) is 11.9. The van der Waals surface area contributed by atoms with Gasteiger partial charge in [-0.1, -0.05) is 23.9 Å². The summed E-state index contributed by atoms with van der Waals surface area (Å²) >= 11 is 1.48. The Hall–Kier alpha value is -2.41. The van der Waals surface area contributed by atoms with Gasteiger partial charge >= 0.3 is 0 Å². The molecule has 3 N–H and O–H groups in total. The molecule has 1 aromatic carbocycles. The van der Waals surface area contributed by atoms with E-state index in [1.54, 1.807) is 18.7 Å². The summed E-state index contributed by atoms with van der Waals surface area (Å²) in [7, 11) is 1.62. The Morgan fingerprint density at radius 3 is 3.27 bits per heavy atom. The van der Waals surface area contributed by atoms with Crippen molar-refractivity contribution in [1.82, 2.24) is 16.0 Å². The van der Waals surface area contributed by atoms with E-state index in [4.69, 9.17) is 4.74 Å². The standard InChI is InChI=1S/C15H16N4O2S/c1-21-11-4-2-3-10(5-11)6-17-14(20)13-8-22-15-12(19-13)7-16-9-18-15/h2-5,7-8,18-19H,6,9H2,1H3,(H,17,20). The van der Waals surface area contributed by atoms with Crippen LogP contribution in [0.15, 0.2) is 51.1 Å². The highest BCUT2D eigenvalue weighted by molar-refractivity contribution is 8.05. The minimum absolute atomic E-state index is 0.152. The Morgan fingerprint density at radius 1 is 1.50 bits per heavy atom. The fourth-order valence-electron chi connectivity index (χ4n) is 2.07. The van der Waals surface area contributed by atoms with Gasteiger partial charge in [-0.2, -0.15) is 0 Å². The van der Waals surface area contributed by atoms with Crippen LogP contribution in [-0.4, -0.2) is 25.9 Å². The molecule has 0 bridgehead atoms. The number of aliphatic imine (C=N–C) groups is 1. The zero-order chi connectivity index (χ0) is 15.4. The van der Waals surface area contributed by atoms with Gasteiger partial charge in [-0.05, 0) is 17.7 Å². The lowest BCUT2D eigenvalue weighted by molar-refractivity contribution is -0.117. The van der Waals surface area contributed by atoms with E-state index in [9.17, 15) is 4.79 Å². The van der Waals surface area contributed by atoms with Gasteiger partial charge in [-0.25, -0.2) is 0 Å². The van der Waals surface area contributed by atoms with E-state index in [1.165, 1.54) is 11.8 Å². The second-order valence-corrected chi connectivity index (χ2v) is 5.58. The first-order chi connectivity index (χ1) is 10.8. The Balaban J connectivity index is 1.58. The summed E-state index contributed by atoms with van der Waals surface area (Å²) < 4.78 is 5.17. The second-order valence-electron chi connectivity index (χ2n) is 4.70. The van der Waals surface area contributed by atoms with Crippen molar-refractivity contribution < 1.29 is 9.53 Å². The second kappa shape index (κ2) is 6.57. The topological polar surface area (TPSA) is 74.8 Å². The van der Waals surface area contributed by atoms with Gasteiger partial charge in [-0.3, -0.25) is 9.79 Å². The average Bonchev–Trinajstić information content (AvgIpc) is 2.59. The molecule has 0 saturated carbocycles. The van der Waals surface area contributed by atoms with Gasteiger partial charge in [-0.15, -0.1) is 0 Å². The van der Waals surface area contributed by atoms with E-state index in [0.29, 0.717) is 18.9 Å². The number of thioether (sulfide) groups is 1. The number of allylic oxidation sites excluding steroid dienone is 1. The monoisotopic (exact) mass is 316 g/mol. The Labute approximate surface area is 132 Å². The number of ether oxygens (including phenoxy) is 1. The van der Waals surface area contributed by atoms with Crippen LogP contribution in [0.2, 0.25) is 0 Å². The molecule has 114 valence electrons. The normalized spacial score (nSPS) is 16.1. The number of amides is 1. The third-order valence-corrected chi connectivity index (χ3v) is 4.15. The molecule has 0 saturated heterocycles. The third-order valence-electron chi connectivity index (χ3n) is 3.19. The van der Waals surface area contributed by atoms with Crippen molar-refractivity contribution in [2.24, 2.45) is 4.99 Å². The van der Waals surface area contributed by atoms with Crippen LogP contribution in [0.3, 0.4) is 0 Å². The minimum Gasteiger partial charge on any atom is -0.497 e. The number of methoxy groups -OCH3 is 1. The molecule has 2 aliphatic rings. The Morgan fingerprint density at radius 2 is 2.41 bits per heavy atom. The van der Waals surface area contributed by atoms with Crippen LogP contribution in [-0.2, 0) is 11.3 Å². The lowest BCUT2D eigenvalue weighted by Gasteiger charge is -2.22. The molecule has 0 atom stereocenters. The molecule has 2 aliphatic heterocycles. The molecule has 2 heterocycles. The van der Waals surface area contributed by atoms with Gasteiger partial charge in [0.1, 0.15) is 18.1 Å². The molecule has 7 heteroatoms. The van der Waals surface area contributed by atoms with E-state index in [2.05, 4.69) is 20.9 Å². The smallest absolute Gasteiger partial charge is 0.268 e. The van der Waals surface area contributed by atoms with E-state index in [0.717, 1.165) is 22.0 Å². The molecule has 1 amide bonds. The van der Waals surface area contributed by atoms with Crippen molar-refractivity contribution in [2.75, 3.05) is 13.8 Å². The summed E-state index contributed by atoms with van der Waals surface area (Å²) in [5.41, 5.74) is 2.32. The largest absolute Gasteiger partial charge is 0.497 e. The Kier molecular flexibility index (Phi) is 4.34. The number of carbonyl (C=O) groups is 1. The minimum atomic E-state index is -0.152. The summed E-state index contributed by atoms with van der Waals surface area (Å²) in [5.74, 6) is 0.623. The van der Waals surface area contributed by atoms with Gasteiger partial charge in [0.05, 0.1) is 17.8 Å². The molecule has 0 aliphatic carbocycles. The first-order valence-electron chi connectivity index (χ1n) is 6.79. The molecular formula is C15H16N4O2S. The van der Waals surface area contributed by atoms with Gasteiger partial charge in [0, 0.05) is 18.2 Å². The maximum absolute atomic E-state index is 12.2. The lowest BCUT2D eigenvalue weighted by atomic mass is 10.2. The summed E-state index contributed by atoms with van der Waals surface area (Å²) in [6.45, 7) is 1.01.